The van der Waals surface area contributed by atoms with Crippen molar-refractivity contribution in [2.24, 2.45) is 0 Å². The summed E-state index contributed by atoms with van der Waals surface area (Å²) >= 11 is 0. The molecule has 2 N–H and O–H groups in total. The van der Waals surface area contributed by atoms with Gasteiger partial charge in [-0.3, -0.25) is 4.79 Å². The molecule has 182 valence electrons. The Balaban J connectivity index is 2.20. The summed E-state index contributed by atoms with van der Waals surface area (Å²) in [5.74, 6) is -3.98. The van der Waals surface area contributed by atoms with Crippen molar-refractivity contribution in [1.82, 2.24) is 0 Å². The first-order valence-electron chi connectivity index (χ1n) is 11.3. The molecule has 0 saturated carbocycles. The van der Waals surface area contributed by atoms with Crippen molar-refractivity contribution in [3.63, 3.8) is 0 Å². The Kier molecular flexibility index (Phi) is 9.28. The van der Waals surface area contributed by atoms with Gasteiger partial charge < -0.3 is 14.8 Å². The van der Waals surface area contributed by atoms with Crippen LogP contribution in [0, 0.1) is 17.5 Å². The van der Waals surface area contributed by atoms with E-state index < -0.39 is 43.8 Å². The zero-order valence-corrected chi connectivity index (χ0v) is 21.1. The van der Waals surface area contributed by atoms with Crippen molar-refractivity contribution in [3.05, 3.63) is 58.9 Å². The van der Waals surface area contributed by atoms with E-state index in [1.165, 1.54) is 12.1 Å². The number of carbonyl (C=O) groups excluding carboxylic acids is 1. The molecule has 0 radical (unpaired) electrons. The van der Waals surface area contributed by atoms with Gasteiger partial charge in [-0.15, -0.1) is 0 Å². The van der Waals surface area contributed by atoms with Crippen LogP contribution in [0.1, 0.15) is 57.5 Å². The summed E-state index contributed by atoms with van der Waals surface area (Å²) in [6.45, 7) is 12.8. The molecule has 4 nitrogen and oxygen atoms in total. The highest BCUT2D eigenvalue weighted by atomic mass is 28.4. The third kappa shape index (κ3) is 5.86. The normalized spacial score (nSPS) is 12.2. The number of carbonyl (C=O) groups is 1. The topological polar surface area (TPSA) is 58.6 Å². The average Bonchev–Trinajstić information content (AvgIpc) is 2.74. The summed E-state index contributed by atoms with van der Waals surface area (Å²) in [5, 5.41) is 11.6. The van der Waals surface area contributed by atoms with E-state index >= 15 is 0 Å². The van der Waals surface area contributed by atoms with E-state index in [0.717, 1.165) is 12.1 Å². The number of ketones is 1. The van der Waals surface area contributed by atoms with Gasteiger partial charge in [0.15, 0.2) is 25.7 Å². The molecule has 0 fully saturated rings. The standard InChI is InChI=1S/C25H34F3NO3Si/c1-15(2)33(16(3)4,17(5)6)32-12-11-18-7-10-22(21(27)13-18)29-25-19(23(31)14-30)8-9-20(26)24(25)28/h7-10,13,15-17,29-30H,11-12,14H2,1-6H3. The van der Waals surface area contributed by atoms with E-state index in [9.17, 15) is 18.0 Å². The molecule has 0 aromatic heterocycles. The van der Waals surface area contributed by atoms with E-state index in [1.807, 2.05) is 0 Å². The fraction of sp³-hybridized carbons (Fsp3) is 0.480. The lowest BCUT2D eigenvalue weighted by molar-refractivity contribution is 0.0904. The van der Waals surface area contributed by atoms with Crippen molar-refractivity contribution in [2.45, 2.75) is 64.6 Å². The molecule has 33 heavy (non-hydrogen) atoms. The molecule has 0 aliphatic rings. The second-order valence-corrected chi connectivity index (χ2v) is 14.7. The van der Waals surface area contributed by atoms with Crippen molar-refractivity contribution >= 4 is 25.5 Å². The van der Waals surface area contributed by atoms with Crippen LogP contribution in [0.2, 0.25) is 16.6 Å². The molecule has 0 bridgehead atoms. The van der Waals surface area contributed by atoms with Crippen LogP contribution in [0.25, 0.3) is 0 Å². The Hall–Kier alpha value is -2.16. The van der Waals surface area contributed by atoms with Crippen molar-refractivity contribution in [2.75, 3.05) is 18.5 Å². The Bertz CT molecular complexity index is 958. The maximum atomic E-state index is 14.8. The minimum absolute atomic E-state index is 0.105. The zero-order chi connectivity index (χ0) is 24.9. The first-order valence-corrected chi connectivity index (χ1v) is 13.4. The largest absolute Gasteiger partial charge is 0.416 e. The summed E-state index contributed by atoms with van der Waals surface area (Å²) < 4.78 is 49.3. The second-order valence-electron chi connectivity index (χ2n) is 9.22. The van der Waals surface area contributed by atoms with Crippen LogP contribution in [-0.4, -0.2) is 32.4 Å². The Morgan fingerprint density at radius 2 is 1.58 bits per heavy atom. The molecular weight excluding hydrogens is 447 g/mol. The van der Waals surface area contributed by atoms with E-state index in [1.54, 1.807) is 6.07 Å². The predicted molar refractivity (Wildman–Crippen MR) is 128 cm³/mol. The van der Waals surface area contributed by atoms with Gasteiger partial charge in [-0.1, -0.05) is 47.6 Å². The Labute approximate surface area is 195 Å². The third-order valence-electron chi connectivity index (χ3n) is 6.28. The monoisotopic (exact) mass is 481 g/mol. The number of aliphatic hydroxyl groups is 1. The van der Waals surface area contributed by atoms with Crippen LogP contribution in [0.4, 0.5) is 24.5 Å². The predicted octanol–water partition coefficient (Wildman–Crippen LogP) is 6.76. The number of aliphatic hydroxyl groups excluding tert-OH is 1. The van der Waals surface area contributed by atoms with Gasteiger partial charge in [0.05, 0.1) is 11.4 Å². The molecule has 0 aliphatic carbocycles. The van der Waals surface area contributed by atoms with Gasteiger partial charge in [-0.2, -0.15) is 0 Å². The quantitative estimate of drug-likeness (QED) is 0.275. The van der Waals surface area contributed by atoms with Crippen molar-refractivity contribution in [3.8, 4) is 0 Å². The van der Waals surface area contributed by atoms with Crippen LogP contribution in [-0.2, 0) is 10.8 Å². The van der Waals surface area contributed by atoms with Gasteiger partial charge >= 0.3 is 0 Å². The van der Waals surface area contributed by atoms with Crippen molar-refractivity contribution in [1.29, 1.82) is 0 Å². The molecule has 2 aromatic carbocycles. The summed E-state index contributed by atoms with van der Waals surface area (Å²) in [7, 11) is -2.03. The molecule has 2 rings (SSSR count). The number of anilines is 2. The molecule has 0 spiro atoms. The SMILES string of the molecule is CC(C)[Si](OCCc1ccc(Nc2c(C(=O)CO)ccc(F)c2F)c(F)c1)(C(C)C)C(C)C. The number of hydrogen-bond donors (Lipinski definition) is 2. The van der Waals surface area contributed by atoms with Crippen LogP contribution >= 0.6 is 0 Å². The summed E-state index contributed by atoms with van der Waals surface area (Å²) in [4.78, 5) is 11.9. The molecular formula is C25H34F3NO3Si. The number of nitrogens with one attached hydrogen (secondary N) is 1. The lowest BCUT2D eigenvalue weighted by atomic mass is 10.1. The first kappa shape index (κ1) is 27.1. The van der Waals surface area contributed by atoms with Crippen LogP contribution < -0.4 is 5.32 Å². The molecule has 0 unspecified atom stereocenters. The molecule has 8 heteroatoms. The summed E-state index contributed by atoms with van der Waals surface area (Å²) in [5.41, 5.74) is 1.17. The maximum Gasteiger partial charge on any atom is 0.200 e. The second kappa shape index (κ2) is 11.3. The Morgan fingerprint density at radius 1 is 0.970 bits per heavy atom. The molecule has 2 aromatic rings. The summed E-state index contributed by atoms with van der Waals surface area (Å²) in [6, 6.07) is 6.26. The van der Waals surface area contributed by atoms with E-state index in [-0.39, 0.29) is 11.3 Å². The van der Waals surface area contributed by atoms with Gasteiger partial charge in [0.25, 0.3) is 0 Å². The molecule has 0 heterocycles. The third-order valence-corrected chi connectivity index (χ3v) is 12.4. The number of hydrogen-bond acceptors (Lipinski definition) is 4. The van der Waals surface area contributed by atoms with E-state index in [2.05, 4.69) is 46.9 Å². The maximum absolute atomic E-state index is 14.8. The number of Topliss-reactive ketones (excluding diaryl/α,β-unsaturated/α-hetero) is 1. The molecule has 0 atom stereocenters. The van der Waals surface area contributed by atoms with Gasteiger partial charge in [0.1, 0.15) is 12.4 Å². The van der Waals surface area contributed by atoms with Gasteiger partial charge in [-0.25, -0.2) is 13.2 Å². The highest BCUT2D eigenvalue weighted by molar-refractivity contribution is 6.77. The highest BCUT2D eigenvalue weighted by Crippen LogP contribution is 2.42. The van der Waals surface area contributed by atoms with Crippen molar-refractivity contribution < 1.29 is 27.5 Å². The number of benzene rings is 2. The summed E-state index contributed by atoms with van der Waals surface area (Å²) in [6.07, 6.45) is 0.515. The van der Waals surface area contributed by atoms with E-state index in [0.29, 0.717) is 35.2 Å². The molecule has 0 saturated heterocycles. The molecule has 0 amide bonds. The number of rotatable bonds is 11. The van der Waals surface area contributed by atoms with Gasteiger partial charge in [0, 0.05) is 12.2 Å². The fourth-order valence-electron chi connectivity index (χ4n) is 4.79. The minimum atomic E-state index is -2.03. The number of halogens is 3. The van der Waals surface area contributed by atoms with Crippen LogP contribution in [0.15, 0.2) is 30.3 Å². The first-order chi connectivity index (χ1) is 15.4. The Morgan fingerprint density at radius 3 is 2.09 bits per heavy atom. The molecule has 0 aliphatic heterocycles. The smallest absolute Gasteiger partial charge is 0.200 e. The van der Waals surface area contributed by atoms with Crippen LogP contribution in [0.3, 0.4) is 0 Å². The lowest BCUT2D eigenvalue weighted by Crippen LogP contribution is -2.48. The lowest BCUT2D eigenvalue weighted by Gasteiger charge is -2.42. The minimum Gasteiger partial charge on any atom is -0.416 e. The van der Waals surface area contributed by atoms with Gasteiger partial charge in [0.2, 0.25) is 0 Å². The highest BCUT2D eigenvalue weighted by Gasteiger charge is 2.44. The van der Waals surface area contributed by atoms with Crippen LogP contribution in [0.5, 0.6) is 0 Å². The van der Waals surface area contributed by atoms with Gasteiger partial charge in [-0.05, 0) is 52.9 Å². The van der Waals surface area contributed by atoms with E-state index in [4.69, 9.17) is 9.53 Å². The fourth-order valence-corrected chi connectivity index (χ4v) is 10.2. The zero-order valence-electron chi connectivity index (χ0n) is 20.1. The average molecular weight is 482 g/mol.